The van der Waals surface area contributed by atoms with Gasteiger partial charge >= 0.3 is 0 Å². The number of methoxy groups -OCH3 is 1. The molecule has 2 aliphatic heterocycles. The molecule has 8 heteroatoms. The maximum Gasteiger partial charge on any atom is 0.241 e. The predicted molar refractivity (Wildman–Crippen MR) is 141 cm³/mol. The first-order chi connectivity index (χ1) is 17.1. The van der Waals surface area contributed by atoms with Gasteiger partial charge in [-0.05, 0) is 49.6 Å². The van der Waals surface area contributed by atoms with Crippen LogP contribution in [0.3, 0.4) is 0 Å². The van der Waals surface area contributed by atoms with Gasteiger partial charge in [0.15, 0.2) is 0 Å². The van der Waals surface area contributed by atoms with Crippen LogP contribution in [0.2, 0.25) is 0 Å². The third kappa shape index (κ3) is 5.05. The summed E-state index contributed by atoms with van der Waals surface area (Å²) in [5.41, 5.74) is 11.3. The summed E-state index contributed by atoms with van der Waals surface area (Å²) in [6.45, 7) is 7.34. The molecule has 2 saturated heterocycles. The fourth-order valence-electron chi connectivity index (χ4n) is 4.83. The van der Waals surface area contributed by atoms with Crippen LogP contribution in [0.4, 0.5) is 5.69 Å². The van der Waals surface area contributed by atoms with Gasteiger partial charge in [0.05, 0.1) is 18.8 Å². The fraction of sp³-hybridized carbons (Fsp3) is 0.407. The molecule has 0 radical (unpaired) electrons. The predicted octanol–water partition coefficient (Wildman–Crippen LogP) is 3.95. The number of rotatable bonds is 6. The number of hydrazine groups is 1. The van der Waals surface area contributed by atoms with Gasteiger partial charge in [0.2, 0.25) is 5.91 Å². The Morgan fingerprint density at radius 2 is 1.77 bits per heavy atom. The van der Waals surface area contributed by atoms with E-state index in [1.807, 2.05) is 17.0 Å². The fourth-order valence-corrected chi connectivity index (χ4v) is 5.96. The number of carbonyl (C=O) groups excluding carboxylic acids is 1. The molecule has 3 aromatic rings. The number of hydrogen-bond acceptors (Lipinski definition) is 7. The van der Waals surface area contributed by atoms with Crippen molar-refractivity contribution >= 4 is 22.9 Å². The molecule has 2 fully saturated rings. The SMILES string of the molecule is CCc1ccc(-c2nc(C)c(C3CC(C(=O)N4CCN(c5ccc(OC)cc5)CC4)NN3)s2)cc1. The first-order valence-corrected chi connectivity index (χ1v) is 13.1. The smallest absolute Gasteiger partial charge is 0.241 e. The summed E-state index contributed by atoms with van der Waals surface area (Å²) in [5.74, 6) is 1.03. The number of benzene rings is 2. The monoisotopic (exact) mass is 491 g/mol. The number of nitrogens with one attached hydrogen (secondary N) is 2. The average Bonchev–Trinajstić information content (AvgIpc) is 3.55. The zero-order valence-electron chi connectivity index (χ0n) is 20.6. The maximum atomic E-state index is 13.3. The van der Waals surface area contributed by atoms with Crippen LogP contribution in [0.15, 0.2) is 48.5 Å². The Balaban J connectivity index is 1.18. The van der Waals surface area contributed by atoms with Crippen molar-refractivity contribution in [1.29, 1.82) is 0 Å². The van der Waals surface area contributed by atoms with Crippen molar-refractivity contribution in [3.63, 3.8) is 0 Å². The summed E-state index contributed by atoms with van der Waals surface area (Å²) < 4.78 is 5.25. The summed E-state index contributed by atoms with van der Waals surface area (Å²) in [4.78, 5) is 23.6. The first-order valence-electron chi connectivity index (χ1n) is 12.3. The van der Waals surface area contributed by atoms with Crippen LogP contribution in [0.5, 0.6) is 5.75 Å². The highest BCUT2D eigenvalue weighted by molar-refractivity contribution is 7.15. The summed E-state index contributed by atoms with van der Waals surface area (Å²) in [6.07, 6.45) is 1.76. The van der Waals surface area contributed by atoms with E-state index in [-0.39, 0.29) is 18.0 Å². The van der Waals surface area contributed by atoms with Crippen molar-refractivity contribution in [3.8, 4) is 16.3 Å². The summed E-state index contributed by atoms with van der Waals surface area (Å²) >= 11 is 1.72. The minimum Gasteiger partial charge on any atom is -0.497 e. The summed E-state index contributed by atoms with van der Waals surface area (Å²) in [7, 11) is 1.68. The average molecular weight is 492 g/mol. The quantitative estimate of drug-likeness (QED) is 0.544. The van der Waals surface area contributed by atoms with Crippen LogP contribution in [0.1, 0.15) is 35.5 Å². The Labute approximate surface area is 211 Å². The lowest BCUT2D eigenvalue weighted by Crippen LogP contribution is -2.53. The molecule has 0 aliphatic carbocycles. The third-order valence-corrected chi connectivity index (χ3v) is 8.31. The number of piperazine rings is 1. The Bertz CT molecular complexity index is 1150. The van der Waals surface area contributed by atoms with Gasteiger partial charge in [-0.3, -0.25) is 4.79 Å². The van der Waals surface area contributed by atoms with E-state index in [9.17, 15) is 4.79 Å². The van der Waals surface area contributed by atoms with E-state index >= 15 is 0 Å². The van der Waals surface area contributed by atoms with Crippen LogP contribution in [-0.2, 0) is 11.2 Å². The molecule has 2 unspecified atom stereocenters. The molecule has 1 amide bonds. The second-order valence-electron chi connectivity index (χ2n) is 9.16. The molecule has 2 N–H and O–H groups in total. The molecule has 7 nitrogen and oxygen atoms in total. The van der Waals surface area contributed by atoms with Gasteiger partial charge in [0.25, 0.3) is 0 Å². The van der Waals surface area contributed by atoms with E-state index in [0.717, 1.165) is 61.0 Å². The lowest BCUT2D eigenvalue weighted by atomic mass is 10.1. The standard InChI is InChI=1S/C27H33N5O2S/c1-4-19-5-7-20(8-6-19)26-28-18(2)25(35-26)23-17-24(30-29-23)27(33)32-15-13-31(14-16-32)21-9-11-22(34-3)12-10-21/h5-12,23-24,29-30H,4,13-17H2,1-3H3. The highest BCUT2D eigenvalue weighted by atomic mass is 32.1. The number of amides is 1. The van der Waals surface area contributed by atoms with Crippen LogP contribution >= 0.6 is 11.3 Å². The largest absolute Gasteiger partial charge is 0.497 e. The van der Waals surface area contributed by atoms with E-state index in [1.165, 1.54) is 16.1 Å². The van der Waals surface area contributed by atoms with E-state index in [0.29, 0.717) is 0 Å². The van der Waals surface area contributed by atoms with E-state index in [2.05, 4.69) is 66.0 Å². The minimum absolute atomic E-state index is 0.0886. The zero-order valence-corrected chi connectivity index (χ0v) is 21.4. The van der Waals surface area contributed by atoms with Gasteiger partial charge in [-0.2, -0.15) is 0 Å². The number of ether oxygens (including phenoxy) is 1. The number of aryl methyl sites for hydroxylation is 2. The van der Waals surface area contributed by atoms with Crippen LogP contribution in [-0.4, -0.2) is 55.1 Å². The van der Waals surface area contributed by atoms with Crippen molar-refractivity contribution in [2.45, 2.75) is 38.8 Å². The van der Waals surface area contributed by atoms with Crippen molar-refractivity contribution in [2.75, 3.05) is 38.2 Å². The highest BCUT2D eigenvalue weighted by Gasteiger charge is 2.35. The summed E-state index contributed by atoms with van der Waals surface area (Å²) in [5, 5.41) is 1.03. The molecule has 2 aromatic carbocycles. The second-order valence-corrected chi connectivity index (χ2v) is 10.2. The van der Waals surface area contributed by atoms with Gasteiger partial charge in [-0.1, -0.05) is 31.2 Å². The Hall–Kier alpha value is -2.94. The molecule has 0 spiro atoms. The lowest BCUT2D eigenvalue weighted by Gasteiger charge is -2.37. The second kappa shape index (κ2) is 10.4. The van der Waals surface area contributed by atoms with E-state index in [1.54, 1.807) is 18.4 Å². The Morgan fingerprint density at radius 3 is 2.43 bits per heavy atom. The molecule has 3 heterocycles. The van der Waals surface area contributed by atoms with Gasteiger partial charge in [-0.15, -0.1) is 11.3 Å². The molecule has 0 bridgehead atoms. The van der Waals surface area contributed by atoms with E-state index < -0.39 is 0 Å². The summed E-state index contributed by atoms with van der Waals surface area (Å²) in [6, 6.07) is 16.6. The molecule has 184 valence electrons. The first kappa shape index (κ1) is 23.8. The normalized spacial score (nSPS) is 20.3. The van der Waals surface area contributed by atoms with Crippen LogP contribution in [0.25, 0.3) is 10.6 Å². The van der Waals surface area contributed by atoms with Crippen molar-refractivity contribution in [1.82, 2.24) is 20.7 Å². The van der Waals surface area contributed by atoms with Gasteiger partial charge in [-0.25, -0.2) is 15.8 Å². The maximum absolute atomic E-state index is 13.3. The van der Waals surface area contributed by atoms with Crippen molar-refractivity contribution < 1.29 is 9.53 Å². The van der Waals surface area contributed by atoms with Gasteiger partial charge < -0.3 is 14.5 Å². The zero-order chi connectivity index (χ0) is 24.4. The lowest BCUT2D eigenvalue weighted by molar-refractivity contribution is -0.133. The van der Waals surface area contributed by atoms with Crippen LogP contribution in [0, 0.1) is 6.92 Å². The number of aromatic nitrogens is 1. The molecular formula is C27H33N5O2S. The molecule has 35 heavy (non-hydrogen) atoms. The van der Waals surface area contributed by atoms with Crippen molar-refractivity contribution in [2.24, 2.45) is 0 Å². The number of hydrogen-bond donors (Lipinski definition) is 2. The Morgan fingerprint density at radius 1 is 1.06 bits per heavy atom. The number of anilines is 1. The molecular weight excluding hydrogens is 458 g/mol. The Kier molecular flexibility index (Phi) is 7.04. The molecule has 2 aliphatic rings. The third-order valence-electron chi connectivity index (χ3n) is 6.99. The highest BCUT2D eigenvalue weighted by Crippen LogP contribution is 2.35. The van der Waals surface area contributed by atoms with Gasteiger partial charge in [0.1, 0.15) is 16.8 Å². The molecule has 2 atom stereocenters. The number of nitrogens with zero attached hydrogens (tertiary/aromatic N) is 3. The number of carbonyl (C=O) groups is 1. The molecule has 5 rings (SSSR count). The molecule has 0 saturated carbocycles. The topological polar surface area (TPSA) is 69.7 Å². The van der Waals surface area contributed by atoms with Gasteiger partial charge in [0, 0.05) is 42.3 Å². The van der Waals surface area contributed by atoms with Crippen LogP contribution < -0.4 is 20.5 Å². The van der Waals surface area contributed by atoms with E-state index in [4.69, 9.17) is 9.72 Å². The minimum atomic E-state index is -0.221. The van der Waals surface area contributed by atoms with Crippen molar-refractivity contribution in [3.05, 3.63) is 64.7 Å². The number of thiazole rings is 1. The molecule has 1 aromatic heterocycles.